The molecule has 118 valence electrons. The molecule has 2 aliphatic rings. The molecule has 2 aromatic rings. The molecule has 0 saturated carbocycles. The lowest BCUT2D eigenvalue weighted by molar-refractivity contribution is -0.382. The average molecular weight is 319 g/mol. The number of H-pyrrole nitrogens is 1. The lowest BCUT2D eigenvalue weighted by atomic mass is 10.2. The van der Waals surface area contributed by atoms with Crippen LogP contribution < -0.4 is 15.6 Å². The van der Waals surface area contributed by atoms with Crippen LogP contribution in [0.5, 0.6) is 0 Å². The zero-order chi connectivity index (χ0) is 16.4. The highest BCUT2D eigenvalue weighted by molar-refractivity contribution is 6.04. The Labute approximate surface area is 138 Å². The highest BCUT2D eigenvalue weighted by atomic mass is 16.2. The molecule has 4 rings (SSSR count). The van der Waals surface area contributed by atoms with Crippen molar-refractivity contribution in [3.8, 4) is 0 Å². The molecule has 0 fully saturated rings. The summed E-state index contributed by atoms with van der Waals surface area (Å²) in [4.78, 5) is 25.7. The smallest absolute Gasteiger partial charge is 0.286 e. The van der Waals surface area contributed by atoms with Crippen LogP contribution in [0.25, 0.3) is 0 Å². The highest BCUT2D eigenvalue weighted by Gasteiger charge is 2.34. The average Bonchev–Trinajstić information content (AvgIpc) is 3.03. The van der Waals surface area contributed by atoms with Gasteiger partial charge in [-0.3, -0.25) is 20.1 Å². The maximum atomic E-state index is 12.7. The summed E-state index contributed by atoms with van der Waals surface area (Å²) in [6, 6.07) is 5.55. The summed E-state index contributed by atoms with van der Waals surface area (Å²) in [5.74, 6) is 0.250. The number of carbonyl (C=O) groups is 1. The van der Waals surface area contributed by atoms with Gasteiger partial charge in [0, 0.05) is 30.2 Å². The Hall–Kier alpha value is -3.48. The van der Waals surface area contributed by atoms with Gasteiger partial charge in [0.15, 0.2) is 0 Å². The number of amides is 1. The molecule has 0 saturated heterocycles. The number of hydrogen-bond donors (Lipinski definition) is 2. The van der Waals surface area contributed by atoms with Crippen LogP contribution in [0.15, 0.2) is 78.9 Å². The predicted octanol–water partition coefficient (Wildman–Crippen LogP) is 1.13. The van der Waals surface area contributed by atoms with E-state index in [0.29, 0.717) is 11.5 Å². The molecule has 3 N–H and O–H groups in total. The summed E-state index contributed by atoms with van der Waals surface area (Å²) in [6.07, 6.45) is 14.3. The van der Waals surface area contributed by atoms with Gasteiger partial charge in [-0.1, -0.05) is 12.1 Å². The van der Waals surface area contributed by atoms with Crippen LogP contribution in [0.3, 0.4) is 0 Å². The summed E-state index contributed by atoms with van der Waals surface area (Å²) in [5.41, 5.74) is 2.29. The molecule has 0 spiro atoms. The van der Waals surface area contributed by atoms with Crippen LogP contribution in [0.4, 0.5) is 5.82 Å². The summed E-state index contributed by atoms with van der Waals surface area (Å²) >= 11 is 0. The maximum absolute atomic E-state index is 12.7. The molecule has 0 radical (unpaired) electrons. The molecule has 0 bridgehead atoms. The van der Waals surface area contributed by atoms with Gasteiger partial charge >= 0.3 is 0 Å². The Bertz CT molecular complexity index is 844. The molecule has 0 aromatic carbocycles. The summed E-state index contributed by atoms with van der Waals surface area (Å²) in [6.45, 7) is 0. The third kappa shape index (κ3) is 2.52. The molecule has 0 aliphatic carbocycles. The summed E-state index contributed by atoms with van der Waals surface area (Å²) in [7, 11) is 0. The van der Waals surface area contributed by atoms with Crippen molar-refractivity contribution in [2.45, 2.75) is 6.17 Å². The SMILES string of the molecule is O=C(Nc1cc[nH+]cn1)C1=C2C=CC=CN2C(c2cccnc2)N1. The van der Waals surface area contributed by atoms with E-state index in [2.05, 4.69) is 25.6 Å². The number of fused-ring (bicyclic) bond motifs is 1. The van der Waals surface area contributed by atoms with E-state index in [0.717, 1.165) is 11.3 Å². The minimum Gasteiger partial charge on any atom is -0.355 e. The fourth-order valence-electron chi connectivity index (χ4n) is 2.71. The van der Waals surface area contributed by atoms with Crippen molar-refractivity contribution < 1.29 is 9.78 Å². The number of aromatic amines is 1. The Morgan fingerprint density at radius 3 is 3.08 bits per heavy atom. The number of anilines is 1. The maximum Gasteiger partial charge on any atom is 0.286 e. The molecule has 7 nitrogen and oxygen atoms in total. The van der Waals surface area contributed by atoms with Crippen LogP contribution in [0.2, 0.25) is 0 Å². The first-order valence-corrected chi connectivity index (χ1v) is 7.50. The fraction of sp³-hybridized carbons (Fsp3) is 0.0588. The largest absolute Gasteiger partial charge is 0.355 e. The van der Waals surface area contributed by atoms with E-state index in [1.807, 2.05) is 41.5 Å². The Morgan fingerprint density at radius 1 is 1.33 bits per heavy atom. The second-order valence-corrected chi connectivity index (χ2v) is 5.30. The van der Waals surface area contributed by atoms with E-state index in [4.69, 9.17) is 0 Å². The van der Waals surface area contributed by atoms with E-state index >= 15 is 0 Å². The fourth-order valence-corrected chi connectivity index (χ4v) is 2.71. The Morgan fingerprint density at radius 2 is 2.29 bits per heavy atom. The zero-order valence-electron chi connectivity index (χ0n) is 12.7. The number of aromatic nitrogens is 3. The molecule has 24 heavy (non-hydrogen) atoms. The monoisotopic (exact) mass is 319 g/mol. The summed E-state index contributed by atoms with van der Waals surface area (Å²) in [5, 5.41) is 6.08. The van der Waals surface area contributed by atoms with Gasteiger partial charge in [-0.2, -0.15) is 0 Å². The van der Waals surface area contributed by atoms with E-state index < -0.39 is 0 Å². The van der Waals surface area contributed by atoms with Gasteiger partial charge in [-0.25, -0.2) is 0 Å². The van der Waals surface area contributed by atoms with Gasteiger partial charge < -0.3 is 10.2 Å². The molecule has 1 amide bonds. The van der Waals surface area contributed by atoms with Gasteiger partial charge in [0.1, 0.15) is 11.9 Å². The van der Waals surface area contributed by atoms with Crippen molar-refractivity contribution in [3.63, 3.8) is 0 Å². The normalized spacial score (nSPS) is 18.3. The van der Waals surface area contributed by atoms with Gasteiger partial charge in [0.25, 0.3) is 18.1 Å². The van der Waals surface area contributed by atoms with Gasteiger partial charge in [-0.05, 0) is 23.2 Å². The van der Waals surface area contributed by atoms with E-state index in [-0.39, 0.29) is 12.1 Å². The van der Waals surface area contributed by atoms with Crippen molar-refractivity contribution in [1.29, 1.82) is 0 Å². The Kier molecular flexibility index (Phi) is 3.51. The van der Waals surface area contributed by atoms with Crippen LogP contribution in [-0.4, -0.2) is 20.8 Å². The molecule has 2 aliphatic heterocycles. The highest BCUT2D eigenvalue weighted by Crippen LogP contribution is 2.33. The first-order valence-electron chi connectivity index (χ1n) is 7.50. The van der Waals surface area contributed by atoms with E-state index in [1.54, 1.807) is 24.7 Å². The lowest BCUT2D eigenvalue weighted by Crippen LogP contribution is -2.28. The molecule has 1 atom stereocenters. The van der Waals surface area contributed by atoms with Gasteiger partial charge in [0.05, 0.1) is 11.9 Å². The number of nitrogens with one attached hydrogen (secondary N) is 3. The van der Waals surface area contributed by atoms with Crippen molar-refractivity contribution in [2.75, 3.05) is 5.32 Å². The first kappa shape index (κ1) is 14.1. The number of carbonyl (C=O) groups excluding carboxylic acids is 1. The van der Waals surface area contributed by atoms with E-state index in [1.165, 1.54) is 6.33 Å². The molecular formula is C17H15N6O+. The first-order chi connectivity index (χ1) is 11.8. The third-order valence-electron chi connectivity index (χ3n) is 3.79. The van der Waals surface area contributed by atoms with Gasteiger partial charge in [-0.15, -0.1) is 0 Å². The van der Waals surface area contributed by atoms with E-state index in [9.17, 15) is 4.79 Å². The molecular weight excluding hydrogens is 304 g/mol. The van der Waals surface area contributed by atoms with Crippen molar-refractivity contribution in [2.24, 2.45) is 0 Å². The van der Waals surface area contributed by atoms with Crippen LogP contribution in [0.1, 0.15) is 11.7 Å². The van der Waals surface area contributed by atoms with Crippen molar-refractivity contribution in [3.05, 3.63) is 84.5 Å². The van der Waals surface area contributed by atoms with Gasteiger partial charge in [0.2, 0.25) is 0 Å². The number of nitrogens with zero attached hydrogens (tertiary/aromatic N) is 3. The second-order valence-electron chi connectivity index (χ2n) is 5.30. The quantitative estimate of drug-likeness (QED) is 0.886. The molecule has 1 unspecified atom stereocenters. The molecule has 4 heterocycles. The van der Waals surface area contributed by atoms with Crippen molar-refractivity contribution in [1.82, 2.24) is 20.2 Å². The zero-order valence-corrected chi connectivity index (χ0v) is 12.7. The Balaban J connectivity index is 1.64. The number of hydrogen-bond acceptors (Lipinski definition) is 5. The molecule has 2 aromatic heterocycles. The lowest BCUT2D eigenvalue weighted by Gasteiger charge is -2.25. The number of allylic oxidation sites excluding steroid dienone is 3. The van der Waals surface area contributed by atoms with Crippen LogP contribution in [0, 0.1) is 0 Å². The van der Waals surface area contributed by atoms with Crippen LogP contribution in [-0.2, 0) is 4.79 Å². The minimum absolute atomic E-state index is 0.173. The summed E-state index contributed by atoms with van der Waals surface area (Å²) < 4.78 is 0. The minimum atomic E-state index is -0.236. The second kappa shape index (κ2) is 5.96. The van der Waals surface area contributed by atoms with Crippen LogP contribution >= 0.6 is 0 Å². The number of rotatable bonds is 3. The number of pyridine rings is 1. The third-order valence-corrected chi connectivity index (χ3v) is 3.79. The predicted molar refractivity (Wildman–Crippen MR) is 86.7 cm³/mol. The standard InChI is InChI=1S/C17H14N6O/c24-17(21-14-6-8-19-11-20-14)15-13-5-1-2-9-23(13)16(22-15)12-4-3-7-18-10-12/h1-11,16,22H,(H,19,20,21,24)/p+1. The topological polar surface area (TPSA) is 84.3 Å². The molecule has 7 heteroatoms. The van der Waals surface area contributed by atoms with Crippen molar-refractivity contribution >= 4 is 11.7 Å².